The van der Waals surface area contributed by atoms with Crippen molar-refractivity contribution < 1.29 is 19.0 Å². The lowest BCUT2D eigenvalue weighted by Crippen LogP contribution is -2.52. The summed E-state index contributed by atoms with van der Waals surface area (Å²) in [5.41, 5.74) is 4.82. The van der Waals surface area contributed by atoms with Crippen molar-refractivity contribution in [1.29, 1.82) is 0 Å². The first-order chi connectivity index (χ1) is 10.0. The van der Waals surface area contributed by atoms with Crippen LogP contribution in [0.5, 0.6) is 17.2 Å². The molecule has 0 saturated heterocycles. The summed E-state index contributed by atoms with van der Waals surface area (Å²) in [6, 6.07) is 5.38. The molecule has 2 rings (SSSR count). The number of carbonyl (C=O) groups excluding carboxylic acids is 1. The molecular weight excluding hydrogens is 272 g/mol. The third kappa shape index (κ3) is 3.21. The quantitative estimate of drug-likeness (QED) is 0.820. The standard InChI is InChI=1S/C15H22N2O4/c1-17-15(14(16)18)5-4-10(9-15)21-13-7-11(19-2)6-12(8-13)20-3/h6-8,10,17H,4-5,9H2,1-3H3,(H2,16,18). The van der Waals surface area contributed by atoms with Crippen LogP contribution in [-0.4, -0.2) is 38.8 Å². The van der Waals surface area contributed by atoms with Crippen LogP contribution in [0.25, 0.3) is 0 Å². The maximum atomic E-state index is 11.6. The van der Waals surface area contributed by atoms with Gasteiger partial charge in [-0.05, 0) is 19.9 Å². The van der Waals surface area contributed by atoms with E-state index in [1.807, 2.05) is 0 Å². The lowest BCUT2D eigenvalue weighted by Gasteiger charge is -2.24. The number of benzene rings is 1. The molecule has 1 aliphatic rings. The molecule has 0 heterocycles. The predicted molar refractivity (Wildman–Crippen MR) is 78.8 cm³/mol. The molecular formula is C15H22N2O4. The van der Waals surface area contributed by atoms with Crippen LogP contribution in [0, 0.1) is 0 Å². The predicted octanol–water partition coefficient (Wildman–Crippen LogP) is 1.08. The van der Waals surface area contributed by atoms with Gasteiger partial charge in [0.25, 0.3) is 0 Å². The Bertz CT molecular complexity index is 498. The topological polar surface area (TPSA) is 82.8 Å². The Morgan fingerprint density at radius 2 is 1.81 bits per heavy atom. The second kappa shape index (κ2) is 6.22. The lowest BCUT2D eigenvalue weighted by molar-refractivity contribution is -0.124. The maximum absolute atomic E-state index is 11.6. The highest BCUT2D eigenvalue weighted by Gasteiger charge is 2.43. The van der Waals surface area contributed by atoms with Gasteiger partial charge in [0.15, 0.2) is 0 Å². The normalized spacial score (nSPS) is 24.6. The van der Waals surface area contributed by atoms with Crippen molar-refractivity contribution in [1.82, 2.24) is 5.32 Å². The number of ether oxygens (including phenoxy) is 3. The number of amides is 1. The molecule has 1 aromatic rings. The van der Waals surface area contributed by atoms with Crippen LogP contribution in [0.1, 0.15) is 19.3 Å². The van der Waals surface area contributed by atoms with Crippen molar-refractivity contribution in [2.45, 2.75) is 30.9 Å². The van der Waals surface area contributed by atoms with E-state index in [0.29, 0.717) is 30.1 Å². The van der Waals surface area contributed by atoms with Crippen molar-refractivity contribution in [2.24, 2.45) is 5.73 Å². The molecule has 0 aromatic heterocycles. The fraction of sp³-hybridized carbons (Fsp3) is 0.533. The monoisotopic (exact) mass is 294 g/mol. The van der Waals surface area contributed by atoms with Gasteiger partial charge in [-0.15, -0.1) is 0 Å². The molecule has 1 fully saturated rings. The summed E-state index contributed by atoms with van der Waals surface area (Å²) in [6.07, 6.45) is 1.92. The zero-order valence-electron chi connectivity index (χ0n) is 12.6. The molecule has 1 amide bonds. The summed E-state index contributed by atoms with van der Waals surface area (Å²) in [5, 5.41) is 3.03. The third-order valence-electron chi connectivity index (χ3n) is 4.05. The van der Waals surface area contributed by atoms with E-state index in [-0.39, 0.29) is 12.0 Å². The van der Waals surface area contributed by atoms with Crippen LogP contribution in [-0.2, 0) is 4.79 Å². The van der Waals surface area contributed by atoms with Gasteiger partial charge < -0.3 is 25.3 Å². The van der Waals surface area contributed by atoms with E-state index in [9.17, 15) is 4.79 Å². The van der Waals surface area contributed by atoms with Gasteiger partial charge in [0.1, 0.15) is 28.9 Å². The maximum Gasteiger partial charge on any atom is 0.237 e. The molecule has 0 aliphatic heterocycles. The number of likely N-dealkylation sites (N-methyl/N-ethyl adjacent to an activating group) is 1. The second-order valence-electron chi connectivity index (χ2n) is 5.23. The summed E-state index contributed by atoms with van der Waals surface area (Å²) >= 11 is 0. The van der Waals surface area contributed by atoms with E-state index < -0.39 is 5.54 Å². The van der Waals surface area contributed by atoms with Gasteiger partial charge in [0, 0.05) is 24.6 Å². The van der Waals surface area contributed by atoms with Crippen molar-refractivity contribution in [2.75, 3.05) is 21.3 Å². The van der Waals surface area contributed by atoms with Gasteiger partial charge in [0.05, 0.1) is 14.2 Å². The smallest absolute Gasteiger partial charge is 0.237 e. The molecule has 0 radical (unpaired) electrons. The first kappa shape index (κ1) is 15.4. The van der Waals surface area contributed by atoms with Gasteiger partial charge in [-0.25, -0.2) is 0 Å². The van der Waals surface area contributed by atoms with Crippen molar-refractivity contribution in [3.05, 3.63) is 18.2 Å². The van der Waals surface area contributed by atoms with Gasteiger partial charge in [-0.3, -0.25) is 4.79 Å². The molecule has 3 N–H and O–H groups in total. The van der Waals surface area contributed by atoms with Crippen LogP contribution < -0.4 is 25.3 Å². The number of primary amides is 1. The van der Waals surface area contributed by atoms with E-state index in [1.165, 1.54) is 0 Å². The summed E-state index contributed by atoms with van der Waals surface area (Å²) in [7, 11) is 4.93. The molecule has 21 heavy (non-hydrogen) atoms. The van der Waals surface area contributed by atoms with Crippen molar-refractivity contribution in [3.63, 3.8) is 0 Å². The minimum absolute atomic E-state index is 0.0678. The van der Waals surface area contributed by atoms with Gasteiger partial charge in [-0.2, -0.15) is 0 Å². The van der Waals surface area contributed by atoms with Crippen molar-refractivity contribution in [3.8, 4) is 17.2 Å². The molecule has 0 spiro atoms. The average Bonchev–Trinajstić information content (AvgIpc) is 2.91. The molecule has 2 unspecified atom stereocenters. The van der Waals surface area contributed by atoms with Crippen molar-refractivity contribution >= 4 is 5.91 Å². The van der Waals surface area contributed by atoms with Crippen LogP contribution >= 0.6 is 0 Å². The van der Waals surface area contributed by atoms with E-state index in [0.717, 1.165) is 6.42 Å². The lowest BCUT2D eigenvalue weighted by atomic mass is 9.97. The highest BCUT2D eigenvalue weighted by Crippen LogP contribution is 2.34. The Kier molecular flexibility index (Phi) is 4.57. The van der Waals surface area contributed by atoms with Crippen LogP contribution in [0.2, 0.25) is 0 Å². The Morgan fingerprint density at radius 3 is 2.24 bits per heavy atom. The molecule has 1 aromatic carbocycles. The molecule has 0 bridgehead atoms. The number of methoxy groups -OCH3 is 2. The van der Waals surface area contributed by atoms with Crippen LogP contribution in [0.3, 0.4) is 0 Å². The number of nitrogens with one attached hydrogen (secondary N) is 1. The first-order valence-corrected chi connectivity index (χ1v) is 6.91. The highest BCUT2D eigenvalue weighted by atomic mass is 16.5. The summed E-state index contributed by atoms with van der Waals surface area (Å²) in [6.45, 7) is 0. The summed E-state index contributed by atoms with van der Waals surface area (Å²) in [5.74, 6) is 1.65. The van der Waals surface area contributed by atoms with Gasteiger partial charge in [0.2, 0.25) is 5.91 Å². The minimum Gasteiger partial charge on any atom is -0.496 e. The van der Waals surface area contributed by atoms with Gasteiger partial charge >= 0.3 is 0 Å². The fourth-order valence-corrected chi connectivity index (χ4v) is 2.72. The highest BCUT2D eigenvalue weighted by molar-refractivity contribution is 5.85. The molecule has 1 aliphatic carbocycles. The zero-order chi connectivity index (χ0) is 15.5. The minimum atomic E-state index is -0.673. The number of hydrogen-bond acceptors (Lipinski definition) is 5. The molecule has 2 atom stereocenters. The number of rotatable bonds is 6. The first-order valence-electron chi connectivity index (χ1n) is 6.91. The fourth-order valence-electron chi connectivity index (χ4n) is 2.72. The SMILES string of the molecule is CNC1(C(N)=O)CCC(Oc2cc(OC)cc(OC)c2)C1. The van der Waals surface area contributed by atoms with E-state index in [4.69, 9.17) is 19.9 Å². The molecule has 6 heteroatoms. The van der Waals surface area contributed by atoms with Crippen LogP contribution in [0.4, 0.5) is 0 Å². The van der Waals surface area contributed by atoms with Gasteiger partial charge in [-0.1, -0.05) is 0 Å². The third-order valence-corrected chi connectivity index (χ3v) is 4.05. The summed E-state index contributed by atoms with van der Waals surface area (Å²) < 4.78 is 16.4. The number of carbonyl (C=O) groups is 1. The van der Waals surface area contributed by atoms with E-state index >= 15 is 0 Å². The molecule has 6 nitrogen and oxygen atoms in total. The molecule has 1 saturated carbocycles. The number of hydrogen-bond donors (Lipinski definition) is 2. The second-order valence-corrected chi connectivity index (χ2v) is 5.23. The zero-order valence-corrected chi connectivity index (χ0v) is 12.6. The largest absolute Gasteiger partial charge is 0.496 e. The van der Waals surface area contributed by atoms with E-state index in [2.05, 4.69) is 5.32 Å². The Morgan fingerprint density at radius 1 is 1.24 bits per heavy atom. The van der Waals surface area contributed by atoms with E-state index in [1.54, 1.807) is 39.5 Å². The van der Waals surface area contributed by atoms with Crippen LogP contribution in [0.15, 0.2) is 18.2 Å². The average molecular weight is 294 g/mol. The Labute approximate surface area is 124 Å². The Hall–Kier alpha value is -1.95. The Balaban J connectivity index is 2.11. The summed E-state index contributed by atoms with van der Waals surface area (Å²) in [4.78, 5) is 11.6. The number of nitrogens with two attached hydrogens (primary N) is 1. The molecule has 116 valence electrons.